The lowest BCUT2D eigenvalue weighted by atomic mass is 9.92. The van der Waals surface area contributed by atoms with Crippen LogP contribution in [0.5, 0.6) is 0 Å². The number of carbonyl (C=O) groups is 2. The Hall–Kier alpha value is -1.68. The SMILES string of the molecule is CCC(C)(C)OCCC(C)(CC)N1C(=O)c2ccccc2C1=O. The minimum atomic E-state index is -0.531. The average molecular weight is 317 g/mol. The van der Waals surface area contributed by atoms with Crippen LogP contribution in [0.2, 0.25) is 0 Å². The standard InChI is InChI=1S/C19H27NO3/c1-6-18(3,4)23-13-12-19(5,7-2)20-16(21)14-10-8-9-11-15(14)17(20)22/h8-11H,6-7,12-13H2,1-5H3. The maximum atomic E-state index is 12.7. The van der Waals surface area contributed by atoms with Crippen LogP contribution >= 0.6 is 0 Å². The van der Waals surface area contributed by atoms with E-state index >= 15 is 0 Å². The fraction of sp³-hybridized carbons (Fsp3) is 0.579. The number of hydrogen-bond acceptors (Lipinski definition) is 3. The Kier molecular flexibility index (Phi) is 4.95. The molecule has 0 radical (unpaired) electrons. The zero-order chi connectivity index (χ0) is 17.3. The van der Waals surface area contributed by atoms with Gasteiger partial charge in [-0.1, -0.05) is 26.0 Å². The molecule has 0 fully saturated rings. The molecule has 1 atom stereocenters. The second-order valence-corrected chi connectivity index (χ2v) is 7.05. The highest BCUT2D eigenvalue weighted by Crippen LogP contribution is 2.33. The molecule has 0 N–H and O–H groups in total. The zero-order valence-corrected chi connectivity index (χ0v) is 14.8. The van der Waals surface area contributed by atoms with E-state index in [2.05, 4.69) is 20.8 Å². The number of benzene rings is 1. The third-order valence-corrected chi connectivity index (χ3v) is 5.08. The van der Waals surface area contributed by atoms with E-state index < -0.39 is 5.54 Å². The first-order valence-electron chi connectivity index (χ1n) is 8.37. The highest BCUT2D eigenvalue weighted by molar-refractivity contribution is 6.21. The molecule has 2 amide bonds. The van der Waals surface area contributed by atoms with Crippen molar-refractivity contribution in [2.45, 2.75) is 65.0 Å². The predicted molar refractivity (Wildman–Crippen MR) is 90.6 cm³/mol. The lowest BCUT2D eigenvalue weighted by Crippen LogP contribution is -2.50. The van der Waals surface area contributed by atoms with Crippen molar-refractivity contribution in [3.05, 3.63) is 35.4 Å². The number of fused-ring (bicyclic) bond motifs is 1. The van der Waals surface area contributed by atoms with Crippen molar-refractivity contribution in [3.63, 3.8) is 0 Å². The Morgan fingerprint density at radius 1 is 0.957 bits per heavy atom. The molecule has 0 saturated carbocycles. The van der Waals surface area contributed by atoms with Crippen LogP contribution in [0.25, 0.3) is 0 Å². The molecule has 0 aromatic heterocycles. The lowest BCUT2D eigenvalue weighted by molar-refractivity contribution is -0.0355. The maximum absolute atomic E-state index is 12.7. The van der Waals surface area contributed by atoms with Crippen LogP contribution in [0.15, 0.2) is 24.3 Å². The van der Waals surface area contributed by atoms with Gasteiger partial charge in [0.15, 0.2) is 0 Å². The first kappa shape index (κ1) is 17.7. The molecular formula is C19H27NO3. The number of ether oxygens (including phenoxy) is 1. The first-order chi connectivity index (χ1) is 10.8. The van der Waals surface area contributed by atoms with Crippen molar-refractivity contribution in [2.24, 2.45) is 0 Å². The number of hydrogen-bond donors (Lipinski definition) is 0. The van der Waals surface area contributed by atoms with Crippen molar-refractivity contribution in [3.8, 4) is 0 Å². The van der Waals surface area contributed by atoms with E-state index in [1.807, 2.05) is 13.8 Å². The summed E-state index contributed by atoms with van der Waals surface area (Å²) < 4.78 is 5.93. The highest BCUT2D eigenvalue weighted by atomic mass is 16.5. The molecule has 0 bridgehead atoms. The van der Waals surface area contributed by atoms with Crippen LogP contribution in [-0.2, 0) is 4.74 Å². The Morgan fingerprint density at radius 3 is 1.91 bits per heavy atom. The molecule has 1 aliphatic heterocycles. The zero-order valence-electron chi connectivity index (χ0n) is 14.8. The first-order valence-corrected chi connectivity index (χ1v) is 8.37. The maximum Gasteiger partial charge on any atom is 0.262 e. The molecule has 126 valence electrons. The lowest BCUT2D eigenvalue weighted by Gasteiger charge is -2.37. The van der Waals surface area contributed by atoms with Gasteiger partial charge in [0.2, 0.25) is 0 Å². The molecule has 1 heterocycles. The summed E-state index contributed by atoms with van der Waals surface area (Å²) in [5.74, 6) is -0.380. The van der Waals surface area contributed by atoms with Crippen LogP contribution in [-0.4, -0.2) is 34.5 Å². The second-order valence-electron chi connectivity index (χ2n) is 7.05. The molecule has 1 aromatic carbocycles. The van der Waals surface area contributed by atoms with Crippen molar-refractivity contribution >= 4 is 11.8 Å². The monoisotopic (exact) mass is 317 g/mol. The topological polar surface area (TPSA) is 46.6 Å². The van der Waals surface area contributed by atoms with E-state index in [4.69, 9.17) is 4.74 Å². The highest BCUT2D eigenvalue weighted by Gasteiger charge is 2.45. The molecule has 4 heteroatoms. The second kappa shape index (κ2) is 6.44. The Bertz CT molecular complexity index is 573. The summed E-state index contributed by atoms with van der Waals surface area (Å²) in [6.07, 6.45) is 2.26. The van der Waals surface area contributed by atoms with Crippen LogP contribution in [0.1, 0.15) is 74.6 Å². The summed E-state index contributed by atoms with van der Waals surface area (Å²) in [7, 11) is 0. The fourth-order valence-electron chi connectivity index (χ4n) is 2.78. The largest absolute Gasteiger partial charge is 0.375 e. The normalized spacial score (nSPS) is 17.3. The van der Waals surface area contributed by atoms with Gasteiger partial charge in [-0.15, -0.1) is 0 Å². The van der Waals surface area contributed by atoms with Crippen LogP contribution < -0.4 is 0 Å². The summed E-state index contributed by atoms with van der Waals surface area (Å²) in [5.41, 5.74) is 0.298. The number of rotatable bonds is 7. The van der Waals surface area contributed by atoms with Gasteiger partial charge in [0, 0.05) is 6.61 Å². The molecule has 1 aromatic rings. The molecule has 1 aliphatic rings. The Morgan fingerprint density at radius 2 is 1.48 bits per heavy atom. The van der Waals surface area contributed by atoms with E-state index in [-0.39, 0.29) is 17.4 Å². The van der Waals surface area contributed by atoms with Gasteiger partial charge < -0.3 is 4.74 Å². The molecular weight excluding hydrogens is 290 g/mol. The molecule has 0 spiro atoms. The summed E-state index contributed by atoms with van der Waals surface area (Å²) in [5, 5.41) is 0. The Balaban J connectivity index is 2.18. The number of amides is 2. The van der Waals surface area contributed by atoms with E-state index in [9.17, 15) is 9.59 Å². The van der Waals surface area contributed by atoms with Crippen molar-refractivity contribution in [2.75, 3.05) is 6.61 Å². The van der Waals surface area contributed by atoms with Gasteiger partial charge in [-0.2, -0.15) is 0 Å². The van der Waals surface area contributed by atoms with Crippen LogP contribution in [0, 0.1) is 0 Å². The minimum absolute atomic E-state index is 0.184. The van der Waals surface area contributed by atoms with E-state index in [0.29, 0.717) is 30.6 Å². The Labute approximate surface area is 138 Å². The molecule has 1 unspecified atom stereocenters. The minimum Gasteiger partial charge on any atom is -0.375 e. The van der Waals surface area contributed by atoms with Gasteiger partial charge in [0.25, 0.3) is 11.8 Å². The van der Waals surface area contributed by atoms with E-state index in [1.54, 1.807) is 24.3 Å². The van der Waals surface area contributed by atoms with Gasteiger partial charge in [0.05, 0.1) is 22.3 Å². The van der Waals surface area contributed by atoms with Gasteiger partial charge in [-0.05, 0) is 52.2 Å². The molecule has 4 nitrogen and oxygen atoms in total. The third-order valence-electron chi connectivity index (χ3n) is 5.08. The summed E-state index contributed by atoms with van der Waals surface area (Å²) in [4.78, 5) is 26.8. The summed E-state index contributed by atoms with van der Waals surface area (Å²) in [6.45, 7) is 10.7. The van der Waals surface area contributed by atoms with E-state index in [1.165, 1.54) is 4.90 Å². The van der Waals surface area contributed by atoms with Crippen LogP contribution in [0.4, 0.5) is 0 Å². The van der Waals surface area contributed by atoms with Crippen molar-refractivity contribution < 1.29 is 14.3 Å². The summed E-state index contributed by atoms with van der Waals surface area (Å²) >= 11 is 0. The molecule has 0 saturated heterocycles. The third kappa shape index (κ3) is 3.32. The van der Waals surface area contributed by atoms with Crippen molar-refractivity contribution in [1.82, 2.24) is 4.90 Å². The van der Waals surface area contributed by atoms with Gasteiger partial charge in [-0.3, -0.25) is 14.5 Å². The number of carbonyl (C=O) groups excluding carboxylic acids is 2. The molecule has 0 aliphatic carbocycles. The fourth-order valence-corrected chi connectivity index (χ4v) is 2.78. The van der Waals surface area contributed by atoms with Crippen LogP contribution in [0.3, 0.4) is 0 Å². The number of imide groups is 1. The smallest absolute Gasteiger partial charge is 0.262 e. The predicted octanol–water partition coefficient (Wildman–Crippen LogP) is 4.05. The summed E-state index contributed by atoms with van der Waals surface area (Å²) in [6, 6.07) is 7.04. The van der Waals surface area contributed by atoms with Gasteiger partial charge >= 0.3 is 0 Å². The van der Waals surface area contributed by atoms with Gasteiger partial charge in [0.1, 0.15) is 0 Å². The molecule has 23 heavy (non-hydrogen) atoms. The van der Waals surface area contributed by atoms with E-state index in [0.717, 1.165) is 6.42 Å². The van der Waals surface area contributed by atoms with Gasteiger partial charge in [-0.25, -0.2) is 0 Å². The number of nitrogens with zero attached hydrogens (tertiary/aromatic N) is 1. The molecule has 2 rings (SSSR count). The van der Waals surface area contributed by atoms with Crippen molar-refractivity contribution in [1.29, 1.82) is 0 Å². The quantitative estimate of drug-likeness (QED) is 0.713. The average Bonchev–Trinajstić information content (AvgIpc) is 2.79.